The number of rotatable bonds is 7. The molecular formula is C20H20N4O3S. The predicted octanol–water partition coefficient (Wildman–Crippen LogP) is 3.39. The smallest absolute Gasteiger partial charge is 0.234 e. The number of ether oxygens (including phenoxy) is 3. The molecule has 2 heterocycles. The zero-order valence-corrected chi connectivity index (χ0v) is 16.7. The molecule has 0 fully saturated rings. The summed E-state index contributed by atoms with van der Waals surface area (Å²) in [5, 5.41) is 14.2. The van der Waals surface area contributed by atoms with E-state index in [9.17, 15) is 0 Å². The summed E-state index contributed by atoms with van der Waals surface area (Å²) in [5.41, 5.74) is 2.23. The van der Waals surface area contributed by atoms with Gasteiger partial charge in [-0.1, -0.05) is 29.5 Å². The van der Waals surface area contributed by atoms with Crippen LogP contribution in [0.25, 0.3) is 4.96 Å². The van der Waals surface area contributed by atoms with Crippen molar-refractivity contribution < 1.29 is 14.2 Å². The highest BCUT2D eigenvalue weighted by molar-refractivity contribution is 7.16. The average molecular weight is 396 g/mol. The van der Waals surface area contributed by atoms with Crippen LogP contribution in [-0.4, -0.2) is 41.1 Å². The van der Waals surface area contributed by atoms with Crippen LogP contribution in [0.2, 0.25) is 0 Å². The molecule has 2 aromatic carbocycles. The van der Waals surface area contributed by atoms with Gasteiger partial charge >= 0.3 is 0 Å². The fourth-order valence-corrected chi connectivity index (χ4v) is 3.86. The van der Waals surface area contributed by atoms with Crippen LogP contribution in [0.1, 0.15) is 22.0 Å². The summed E-state index contributed by atoms with van der Waals surface area (Å²) in [6, 6.07) is 13.8. The standard InChI is InChI=1S/C20H20N4O3S/c1-25-15-7-4-13(5-8-15)11-18-21-22-20-24(18)23-19(28-20)12-14-6-9-16(26-2)17(10-14)27-3/h4-10H,11-12H2,1-3H3. The molecular weight excluding hydrogens is 376 g/mol. The van der Waals surface area contributed by atoms with Gasteiger partial charge < -0.3 is 14.2 Å². The minimum absolute atomic E-state index is 0.657. The molecule has 0 unspecified atom stereocenters. The third kappa shape index (κ3) is 3.63. The van der Waals surface area contributed by atoms with Gasteiger partial charge in [-0.15, -0.1) is 10.2 Å². The molecule has 2 aromatic heterocycles. The van der Waals surface area contributed by atoms with E-state index in [4.69, 9.17) is 19.3 Å². The predicted molar refractivity (Wildman–Crippen MR) is 107 cm³/mol. The molecule has 4 aromatic rings. The number of nitrogens with zero attached hydrogens (tertiary/aromatic N) is 4. The van der Waals surface area contributed by atoms with Crippen LogP contribution in [0.5, 0.6) is 17.2 Å². The number of methoxy groups -OCH3 is 3. The third-order valence-corrected chi connectivity index (χ3v) is 5.32. The van der Waals surface area contributed by atoms with E-state index >= 15 is 0 Å². The summed E-state index contributed by atoms with van der Waals surface area (Å²) in [6.45, 7) is 0. The second kappa shape index (κ2) is 7.85. The minimum atomic E-state index is 0.657. The Kier molecular flexibility index (Phi) is 5.12. The topological polar surface area (TPSA) is 70.8 Å². The molecule has 4 rings (SSSR count). The lowest BCUT2D eigenvalue weighted by atomic mass is 10.1. The van der Waals surface area contributed by atoms with E-state index in [0.717, 1.165) is 32.7 Å². The van der Waals surface area contributed by atoms with E-state index in [1.54, 1.807) is 21.3 Å². The van der Waals surface area contributed by atoms with Crippen molar-refractivity contribution in [2.24, 2.45) is 0 Å². The summed E-state index contributed by atoms with van der Waals surface area (Å²) in [5.74, 6) is 3.07. The first kappa shape index (κ1) is 18.2. The second-order valence-electron chi connectivity index (χ2n) is 6.20. The first-order valence-corrected chi connectivity index (χ1v) is 9.55. The largest absolute Gasteiger partial charge is 0.497 e. The van der Waals surface area contributed by atoms with Crippen molar-refractivity contribution in [1.29, 1.82) is 0 Å². The molecule has 0 amide bonds. The van der Waals surface area contributed by atoms with Gasteiger partial charge in [0, 0.05) is 12.8 Å². The van der Waals surface area contributed by atoms with Gasteiger partial charge in [-0.2, -0.15) is 9.61 Å². The molecule has 0 radical (unpaired) electrons. The maximum absolute atomic E-state index is 5.38. The van der Waals surface area contributed by atoms with E-state index in [-0.39, 0.29) is 0 Å². The van der Waals surface area contributed by atoms with Crippen LogP contribution < -0.4 is 14.2 Å². The molecule has 0 aliphatic rings. The first-order valence-electron chi connectivity index (χ1n) is 8.74. The third-order valence-electron chi connectivity index (χ3n) is 4.42. The summed E-state index contributed by atoms with van der Waals surface area (Å²) < 4.78 is 17.7. The Balaban J connectivity index is 1.55. The quantitative estimate of drug-likeness (QED) is 0.477. The zero-order valence-electron chi connectivity index (χ0n) is 15.9. The Hall–Kier alpha value is -3.13. The van der Waals surface area contributed by atoms with Crippen LogP contribution in [0.4, 0.5) is 0 Å². The van der Waals surface area contributed by atoms with Gasteiger partial charge in [0.25, 0.3) is 0 Å². The van der Waals surface area contributed by atoms with Gasteiger partial charge in [0.2, 0.25) is 4.96 Å². The Morgan fingerprint density at radius 1 is 0.821 bits per heavy atom. The van der Waals surface area contributed by atoms with E-state index < -0.39 is 0 Å². The Morgan fingerprint density at radius 2 is 1.57 bits per heavy atom. The molecule has 0 atom stereocenters. The van der Waals surface area contributed by atoms with Gasteiger partial charge in [-0.05, 0) is 35.4 Å². The van der Waals surface area contributed by atoms with Crippen molar-refractivity contribution in [3.8, 4) is 17.2 Å². The number of fused-ring (bicyclic) bond motifs is 1. The highest BCUT2D eigenvalue weighted by Gasteiger charge is 2.14. The summed E-state index contributed by atoms with van der Waals surface area (Å²) in [7, 11) is 4.92. The highest BCUT2D eigenvalue weighted by Crippen LogP contribution is 2.29. The van der Waals surface area contributed by atoms with Crippen LogP contribution in [0, 0.1) is 0 Å². The van der Waals surface area contributed by atoms with Crippen molar-refractivity contribution in [3.63, 3.8) is 0 Å². The van der Waals surface area contributed by atoms with Crippen molar-refractivity contribution in [2.75, 3.05) is 21.3 Å². The molecule has 7 nitrogen and oxygen atoms in total. The maximum atomic E-state index is 5.38. The monoisotopic (exact) mass is 396 g/mol. The van der Waals surface area contributed by atoms with Crippen LogP contribution in [0.15, 0.2) is 42.5 Å². The lowest BCUT2D eigenvalue weighted by Gasteiger charge is -2.08. The summed E-state index contributed by atoms with van der Waals surface area (Å²) in [6.07, 6.45) is 1.35. The minimum Gasteiger partial charge on any atom is -0.497 e. The van der Waals surface area contributed by atoms with Crippen LogP contribution >= 0.6 is 11.3 Å². The Bertz CT molecular complexity index is 1090. The van der Waals surface area contributed by atoms with Crippen LogP contribution in [0.3, 0.4) is 0 Å². The number of aromatic nitrogens is 4. The van der Waals surface area contributed by atoms with Crippen molar-refractivity contribution in [2.45, 2.75) is 12.8 Å². The van der Waals surface area contributed by atoms with E-state index in [1.165, 1.54) is 11.3 Å². The van der Waals surface area contributed by atoms with Crippen molar-refractivity contribution in [3.05, 3.63) is 64.4 Å². The van der Waals surface area contributed by atoms with Crippen molar-refractivity contribution >= 4 is 16.3 Å². The molecule has 0 N–H and O–H groups in total. The zero-order chi connectivity index (χ0) is 19.5. The second-order valence-corrected chi connectivity index (χ2v) is 7.24. The molecule has 28 heavy (non-hydrogen) atoms. The van der Waals surface area contributed by atoms with Crippen molar-refractivity contribution in [1.82, 2.24) is 19.8 Å². The van der Waals surface area contributed by atoms with Gasteiger partial charge in [0.1, 0.15) is 10.8 Å². The summed E-state index contributed by atoms with van der Waals surface area (Å²) in [4.78, 5) is 0.791. The normalized spacial score (nSPS) is 11.0. The van der Waals surface area contributed by atoms with Gasteiger partial charge in [-0.25, -0.2) is 0 Å². The average Bonchev–Trinajstić information content (AvgIpc) is 3.29. The number of benzene rings is 2. The fourth-order valence-electron chi connectivity index (χ4n) is 2.97. The van der Waals surface area contributed by atoms with Gasteiger partial charge in [0.05, 0.1) is 21.3 Å². The van der Waals surface area contributed by atoms with Crippen LogP contribution in [-0.2, 0) is 12.8 Å². The molecule has 0 saturated heterocycles. The number of hydrogen-bond donors (Lipinski definition) is 0. The molecule has 0 spiro atoms. The molecule has 8 heteroatoms. The lowest BCUT2D eigenvalue weighted by molar-refractivity contribution is 0.354. The van der Waals surface area contributed by atoms with Gasteiger partial charge in [-0.3, -0.25) is 0 Å². The molecule has 0 saturated carbocycles. The van der Waals surface area contributed by atoms with E-state index in [1.807, 2.05) is 47.0 Å². The Labute approximate surface area is 166 Å². The molecule has 0 aliphatic heterocycles. The highest BCUT2D eigenvalue weighted by atomic mass is 32.1. The maximum Gasteiger partial charge on any atom is 0.234 e. The SMILES string of the molecule is COc1ccc(Cc2nnc3sc(Cc4ccc(OC)c(OC)c4)nn23)cc1. The lowest BCUT2D eigenvalue weighted by Crippen LogP contribution is -1.99. The summed E-state index contributed by atoms with van der Waals surface area (Å²) >= 11 is 1.54. The fraction of sp³-hybridized carbons (Fsp3) is 0.250. The Morgan fingerprint density at radius 3 is 2.29 bits per heavy atom. The molecule has 0 bridgehead atoms. The van der Waals surface area contributed by atoms with Gasteiger partial charge in [0.15, 0.2) is 17.3 Å². The molecule has 0 aliphatic carbocycles. The van der Waals surface area contributed by atoms with E-state index in [2.05, 4.69) is 10.2 Å². The number of hydrogen-bond acceptors (Lipinski definition) is 7. The molecule has 144 valence electrons. The van der Waals surface area contributed by atoms with E-state index in [0.29, 0.717) is 24.3 Å². The first-order chi connectivity index (χ1) is 13.7.